The van der Waals surface area contributed by atoms with Crippen LogP contribution < -0.4 is 5.32 Å². The lowest BCUT2D eigenvalue weighted by Crippen LogP contribution is -2.47. The lowest BCUT2D eigenvalue weighted by atomic mass is 10.1. The van der Waals surface area contributed by atoms with Crippen molar-refractivity contribution in [2.24, 2.45) is 0 Å². The molecule has 1 aliphatic rings. The number of fused-ring (bicyclic) bond motifs is 1. The first-order valence-electron chi connectivity index (χ1n) is 9.40. The third-order valence-corrected chi connectivity index (χ3v) is 6.82. The summed E-state index contributed by atoms with van der Waals surface area (Å²) in [6.07, 6.45) is -0.346. The minimum atomic E-state index is -0.807. The van der Waals surface area contributed by atoms with E-state index in [9.17, 15) is 9.90 Å². The van der Waals surface area contributed by atoms with Gasteiger partial charge in [0.25, 0.3) is 0 Å². The van der Waals surface area contributed by atoms with E-state index >= 15 is 0 Å². The molecule has 11 heteroatoms. The summed E-state index contributed by atoms with van der Waals surface area (Å²) in [5, 5.41) is 15.3. The van der Waals surface area contributed by atoms with Gasteiger partial charge in [-0.2, -0.15) is 0 Å². The zero-order valence-electron chi connectivity index (χ0n) is 15.9. The van der Waals surface area contributed by atoms with Gasteiger partial charge in [-0.25, -0.2) is 4.98 Å². The van der Waals surface area contributed by atoms with Crippen LogP contribution in [0.25, 0.3) is 11.0 Å². The standard InChI is InChI=1S/C20H17Cl5N4O2/c21-9-3-11(22)10(12(23)4-9)8-29-2-1-17(30)19(29)20(31)26-7-18-27-15-5-13(24)14(25)6-16(15)28-18/h3-6,17,19,30H,1-2,7-8H2,(H,26,31)(H,27,28)/t17-,19-/m0/s1. The zero-order chi connectivity index (χ0) is 22.3. The summed E-state index contributed by atoms with van der Waals surface area (Å²) < 4.78 is 0. The second kappa shape index (κ2) is 9.32. The van der Waals surface area contributed by atoms with Gasteiger partial charge in [-0.05, 0) is 30.7 Å². The van der Waals surface area contributed by atoms with Crippen molar-refractivity contribution >= 4 is 74.9 Å². The SMILES string of the molecule is O=C(NCc1nc2cc(Cl)c(Cl)cc2[nH]1)[C@@H]1[C@@H](O)CCN1Cc1c(Cl)cc(Cl)cc1Cl. The molecule has 1 saturated heterocycles. The molecule has 1 fully saturated rings. The minimum absolute atomic E-state index is 0.155. The maximum Gasteiger partial charge on any atom is 0.240 e. The number of hydrogen-bond acceptors (Lipinski definition) is 4. The third kappa shape index (κ3) is 4.91. The molecule has 0 spiro atoms. The first-order valence-corrected chi connectivity index (χ1v) is 11.3. The Morgan fingerprint density at radius 3 is 2.48 bits per heavy atom. The summed E-state index contributed by atoms with van der Waals surface area (Å²) in [5.41, 5.74) is 2.02. The summed E-state index contributed by atoms with van der Waals surface area (Å²) in [4.78, 5) is 22.3. The third-order valence-electron chi connectivity index (χ3n) is 5.21. The highest BCUT2D eigenvalue weighted by molar-refractivity contribution is 6.42. The molecule has 0 bridgehead atoms. The van der Waals surface area contributed by atoms with Gasteiger partial charge in [0, 0.05) is 33.7 Å². The summed E-state index contributed by atoms with van der Waals surface area (Å²) in [7, 11) is 0. The van der Waals surface area contributed by atoms with Crippen LogP contribution in [0.2, 0.25) is 25.1 Å². The van der Waals surface area contributed by atoms with Crippen LogP contribution in [-0.2, 0) is 17.9 Å². The maximum atomic E-state index is 12.9. The molecule has 3 aromatic rings. The second-order valence-electron chi connectivity index (χ2n) is 7.30. The number of nitrogens with one attached hydrogen (secondary N) is 2. The highest BCUT2D eigenvalue weighted by atomic mass is 35.5. The number of aliphatic hydroxyl groups is 1. The summed E-state index contributed by atoms with van der Waals surface area (Å²) in [5.74, 6) is 0.229. The quantitative estimate of drug-likeness (QED) is 0.437. The molecule has 2 aromatic carbocycles. The molecule has 0 radical (unpaired) electrons. The minimum Gasteiger partial charge on any atom is -0.391 e. The number of carbonyl (C=O) groups is 1. The van der Waals surface area contributed by atoms with Crippen LogP contribution in [0.4, 0.5) is 0 Å². The van der Waals surface area contributed by atoms with E-state index in [1.54, 1.807) is 24.3 Å². The normalized spacial score (nSPS) is 19.3. The van der Waals surface area contributed by atoms with Crippen LogP contribution in [0.5, 0.6) is 0 Å². The van der Waals surface area contributed by atoms with Crippen LogP contribution in [0.1, 0.15) is 17.8 Å². The fourth-order valence-electron chi connectivity index (χ4n) is 3.70. The summed E-state index contributed by atoms with van der Waals surface area (Å²) >= 11 is 30.6. The molecule has 1 aliphatic heterocycles. The molecular formula is C20H17Cl5N4O2. The number of carbonyl (C=O) groups excluding carboxylic acids is 1. The maximum absolute atomic E-state index is 12.9. The van der Waals surface area contributed by atoms with E-state index in [0.29, 0.717) is 67.0 Å². The number of halogens is 5. The summed E-state index contributed by atoms with van der Waals surface area (Å²) in [6, 6.07) is 5.80. The number of benzene rings is 2. The molecule has 31 heavy (non-hydrogen) atoms. The second-order valence-corrected chi connectivity index (χ2v) is 9.37. The van der Waals surface area contributed by atoms with Crippen LogP contribution >= 0.6 is 58.0 Å². The van der Waals surface area contributed by atoms with E-state index in [4.69, 9.17) is 58.0 Å². The van der Waals surface area contributed by atoms with Crippen molar-refractivity contribution < 1.29 is 9.90 Å². The van der Waals surface area contributed by atoms with Crippen molar-refractivity contribution in [3.8, 4) is 0 Å². The molecule has 0 aliphatic carbocycles. The molecule has 164 valence electrons. The fourth-order valence-corrected chi connectivity index (χ4v) is 4.96. The Morgan fingerprint density at radius 1 is 1.10 bits per heavy atom. The van der Waals surface area contributed by atoms with E-state index in [1.807, 2.05) is 4.90 Å². The van der Waals surface area contributed by atoms with Crippen molar-refractivity contribution in [3.05, 3.63) is 60.8 Å². The molecule has 2 atom stereocenters. The van der Waals surface area contributed by atoms with Crippen molar-refractivity contribution in [3.63, 3.8) is 0 Å². The number of hydrogen-bond donors (Lipinski definition) is 3. The molecule has 6 nitrogen and oxygen atoms in total. The zero-order valence-corrected chi connectivity index (χ0v) is 19.7. The smallest absolute Gasteiger partial charge is 0.240 e. The number of likely N-dealkylation sites (tertiary alicyclic amines) is 1. The molecule has 1 aromatic heterocycles. The number of imidazole rings is 1. The van der Waals surface area contributed by atoms with E-state index in [-0.39, 0.29) is 12.5 Å². The Hall–Kier alpha value is -1.25. The average molecular weight is 523 g/mol. The predicted octanol–water partition coefficient (Wildman–Crippen LogP) is 5.08. The van der Waals surface area contributed by atoms with Gasteiger partial charge in [0.15, 0.2) is 0 Å². The van der Waals surface area contributed by atoms with Gasteiger partial charge < -0.3 is 15.4 Å². The van der Waals surface area contributed by atoms with Gasteiger partial charge in [0.05, 0.1) is 33.7 Å². The van der Waals surface area contributed by atoms with Gasteiger partial charge in [-0.15, -0.1) is 0 Å². The number of nitrogens with zero attached hydrogens (tertiary/aromatic N) is 2. The number of aliphatic hydroxyl groups excluding tert-OH is 1. The fraction of sp³-hybridized carbons (Fsp3) is 0.300. The van der Waals surface area contributed by atoms with Gasteiger partial charge in [0.2, 0.25) is 5.91 Å². The highest BCUT2D eigenvalue weighted by Gasteiger charge is 2.38. The first-order chi connectivity index (χ1) is 14.7. The number of aromatic nitrogens is 2. The lowest BCUT2D eigenvalue weighted by molar-refractivity contribution is -0.128. The topological polar surface area (TPSA) is 81.2 Å². The Balaban J connectivity index is 1.46. The highest BCUT2D eigenvalue weighted by Crippen LogP contribution is 2.32. The molecule has 1 amide bonds. The van der Waals surface area contributed by atoms with Crippen molar-refractivity contribution in [1.82, 2.24) is 20.2 Å². The van der Waals surface area contributed by atoms with Crippen molar-refractivity contribution in [2.75, 3.05) is 6.54 Å². The average Bonchev–Trinajstić information content (AvgIpc) is 3.25. The Labute approximate surface area is 203 Å². The monoisotopic (exact) mass is 520 g/mol. The van der Waals surface area contributed by atoms with Crippen molar-refractivity contribution in [2.45, 2.75) is 31.7 Å². The molecule has 2 heterocycles. The van der Waals surface area contributed by atoms with Crippen LogP contribution in [0.3, 0.4) is 0 Å². The van der Waals surface area contributed by atoms with E-state index in [0.717, 1.165) is 0 Å². The Kier molecular flexibility index (Phi) is 6.89. The number of amides is 1. The molecule has 0 saturated carbocycles. The lowest BCUT2D eigenvalue weighted by Gasteiger charge is -2.26. The van der Waals surface area contributed by atoms with Crippen LogP contribution in [0, 0.1) is 0 Å². The number of H-pyrrole nitrogens is 1. The number of rotatable bonds is 5. The predicted molar refractivity (Wildman–Crippen MR) is 124 cm³/mol. The Morgan fingerprint density at radius 2 is 1.77 bits per heavy atom. The largest absolute Gasteiger partial charge is 0.391 e. The van der Waals surface area contributed by atoms with E-state index < -0.39 is 12.1 Å². The molecule has 0 unspecified atom stereocenters. The van der Waals surface area contributed by atoms with E-state index in [2.05, 4.69) is 15.3 Å². The first kappa shape index (κ1) is 22.9. The van der Waals surface area contributed by atoms with Gasteiger partial charge in [-0.1, -0.05) is 58.0 Å². The van der Waals surface area contributed by atoms with E-state index in [1.165, 1.54) is 0 Å². The van der Waals surface area contributed by atoms with Gasteiger partial charge in [0.1, 0.15) is 11.9 Å². The molecule has 3 N–H and O–H groups in total. The number of aromatic amines is 1. The van der Waals surface area contributed by atoms with Crippen LogP contribution in [0.15, 0.2) is 24.3 Å². The van der Waals surface area contributed by atoms with Crippen LogP contribution in [-0.4, -0.2) is 44.6 Å². The van der Waals surface area contributed by atoms with Gasteiger partial charge >= 0.3 is 0 Å². The van der Waals surface area contributed by atoms with Gasteiger partial charge in [-0.3, -0.25) is 9.69 Å². The molecule has 4 rings (SSSR count). The Bertz CT molecular complexity index is 1090. The van der Waals surface area contributed by atoms with Crippen molar-refractivity contribution in [1.29, 1.82) is 0 Å². The summed E-state index contributed by atoms with van der Waals surface area (Å²) in [6.45, 7) is 0.990. The molecular weight excluding hydrogens is 506 g/mol.